The molecule has 0 aromatic carbocycles. The monoisotopic (exact) mass is 379 g/mol. The van der Waals surface area contributed by atoms with Gasteiger partial charge in [0.1, 0.15) is 0 Å². The highest BCUT2D eigenvalue weighted by Gasteiger charge is 2.19. The average molecular weight is 380 g/mol. The smallest absolute Gasteiger partial charge is 0.326 e. The molecule has 5 nitrogen and oxygen atoms in total. The third-order valence-electron chi connectivity index (χ3n) is 4.61. The quantitative estimate of drug-likeness (QED) is 0.214. The molecule has 0 aliphatic heterocycles. The fourth-order valence-electron chi connectivity index (χ4n) is 2.93. The van der Waals surface area contributed by atoms with Gasteiger partial charge in [-0.2, -0.15) is 0 Å². The van der Waals surface area contributed by atoms with Gasteiger partial charge in [-0.1, -0.05) is 96.8 Å². The molecule has 0 heterocycles. The molecule has 0 aromatic heterocycles. The Morgan fingerprint density at radius 3 is 1.64 bits per heavy atom. The maximum atomic E-state index is 11.1. The highest BCUT2D eigenvalue weighted by molar-refractivity contribution is 7.47. The Hall–Kier alpha value is 0.0700. The van der Waals surface area contributed by atoms with Gasteiger partial charge in [0.05, 0.1) is 6.61 Å². The van der Waals surface area contributed by atoms with E-state index >= 15 is 0 Å². The van der Waals surface area contributed by atoms with Gasteiger partial charge in [0.15, 0.2) is 0 Å². The van der Waals surface area contributed by atoms with Crippen LogP contribution in [0.25, 0.3) is 0 Å². The summed E-state index contributed by atoms with van der Waals surface area (Å²) < 4.78 is 20.3. The third-order valence-corrected chi connectivity index (χ3v) is 5.55. The Bertz CT molecular complexity index is 329. The summed E-state index contributed by atoms with van der Waals surface area (Å²) in [6.07, 6.45) is 19.5. The van der Waals surface area contributed by atoms with Crippen LogP contribution in [-0.4, -0.2) is 24.7 Å². The predicted molar refractivity (Wildman–Crippen MR) is 106 cm³/mol. The van der Waals surface area contributed by atoms with Crippen LogP contribution in [0.1, 0.15) is 103 Å². The number of phosphoric acid groups is 1. The van der Waals surface area contributed by atoms with Gasteiger partial charge in [-0.25, -0.2) is 4.57 Å². The Labute approximate surface area is 155 Å². The van der Waals surface area contributed by atoms with Gasteiger partial charge in [0.25, 0.3) is 0 Å². The van der Waals surface area contributed by atoms with Crippen molar-refractivity contribution in [1.29, 1.82) is 0 Å². The number of hydrogen-bond donors (Lipinski definition) is 2. The molecule has 0 saturated heterocycles. The predicted octanol–water partition coefficient (Wildman–Crippen LogP) is 5.95. The number of rotatable bonds is 19. The topological polar surface area (TPSA) is 81.8 Å². The fourth-order valence-corrected chi connectivity index (χ4v) is 3.41. The van der Waals surface area contributed by atoms with Gasteiger partial charge in [-0.3, -0.25) is 9.05 Å². The Morgan fingerprint density at radius 2 is 1.24 bits per heavy atom. The third kappa shape index (κ3) is 18.7. The fraction of sp³-hybridized carbons (Fsp3) is 1.00. The summed E-state index contributed by atoms with van der Waals surface area (Å²) in [6, 6.07) is -0.201. The van der Waals surface area contributed by atoms with Crippen molar-refractivity contribution in [3.05, 3.63) is 0 Å². The van der Waals surface area contributed by atoms with Crippen LogP contribution in [0.5, 0.6) is 0 Å². The SMILES string of the molecule is CCCCCCCCCCCCCCCC[C@@H](N)COP(=O)(O)OC. The Balaban J connectivity index is 3.22. The molecule has 25 heavy (non-hydrogen) atoms. The minimum Gasteiger partial charge on any atom is -0.326 e. The summed E-state index contributed by atoms with van der Waals surface area (Å²) in [7, 11) is -2.73. The molecule has 0 radical (unpaired) electrons. The Kier molecular flexibility index (Phi) is 17.5. The number of unbranched alkanes of at least 4 members (excludes halogenated alkanes) is 13. The molecular weight excluding hydrogens is 337 g/mol. The minimum atomic E-state index is -3.88. The van der Waals surface area contributed by atoms with Crippen molar-refractivity contribution in [2.24, 2.45) is 5.73 Å². The lowest BCUT2D eigenvalue weighted by atomic mass is 10.0. The van der Waals surface area contributed by atoms with E-state index in [9.17, 15) is 4.57 Å². The molecule has 0 rings (SSSR count). The van der Waals surface area contributed by atoms with Crippen LogP contribution in [-0.2, 0) is 13.6 Å². The van der Waals surface area contributed by atoms with Crippen LogP contribution < -0.4 is 5.73 Å². The molecule has 0 bridgehead atoms. The van der Waals surface area contributed by atoms with Crippen molar-refractivity contribution in [1.82, 2.24) is 0 Å². The van der Waals surface area contributed by atoms with Gasteiger partial charge in [0.2, 0.25) is 0 Å². The normalized spacial score (nSPS) is 15.2. The second kappa shape index (κ2) is 17.5. The van der Waals surface area contributed by atoms with Crippen LogP contribution in [0.2, 0.25) is 0 Å². The second-order valence-electron chi connectivity index (χ2n) is 7.09. The van der Waals surface area contributed by atoms with Crippen LogP contribution in [0.15, 0.2) is 0 Å². The molecule has 3 N–H and O–H groups in total. The van der Waals surface area contributed by atoms with Gasteiger partial charge < -0.3 is 10.6 Å². The van der Waals surface area contributed by atoms with Crippen molar-refractivity contribution in [2.45, 2.75) is 109 Å². The molecular formula is C19H42NO4P. The molecule has 0 spiro atoms. The zero-order valence-electron chi connectivity index (χ0n) is 16.6. The van der Waals surface area contributed by atoms with E-state index in [-0.39, 0.29) is 12.6 Å². The van der Waals surface area contributed by atoms with Gasteiger partial charge >= 0.3 is 7.82 Å². The maximum absolute atomic E-state index is 11.1. The van der Waals surface area contributed by atoms with E-state index < -0.39 is 7.82 Å². The Morgan fingerprint density at radius 1 is 0.840 bits per heavy atom. The highest BCUT2D eigenvalue weighted by atomic mass is 31.2. The van der Waals surface area contributed by atoms with E-state index in [1.807, 2.05) is 0 Å². The van der Waals surface area contributed by atoms with E-state index in [1.165, 1.54) is 83.5 Å². The zero-order chi connectivity index (χ0) is 18.8. The van der Waals surface area contributed by atoms with Crippen LogP contribution >= 0.6 is 7.82 Å². The van der Waals surface area contributed by atoms with Crippen molar-refractivity contribution in [3.63, 3.8) is 0 Å². The molecule has 0 aromatic rings. The van der Waals surface area contributed by atoms with Crippen molar-refractivity contribution >= 4 is 7.82 Å². The van der Waals surface area contributed by atoms with Crippen molar-refractivity contribution in [3.8, 4) is 0 Å². The highest BCUT2D eigenvalue weighted by Crippen LogP contribution is 2.41. The molecule has 6 heteroatoms. The van der Waals surface area contributed by atoms with Crippen molar-refractivity contribution < 1.29 is 18.5 Å². The first-order chi connectivity index (χ1) is 12.0. The van der Waals surface area contributed by atoms with Crippen LogP contribution in [0, 0.1) is 0 Å². The lowest BCUT2D eigenvalue weighted by molar-refractivity contribution is 0.162. The molecule has 1 unspecified atom stereocenters. The molecule has 0 saturated carbocycles. The van der Waals surface area contributed by atoms with Crippen LogP contribution in [0.3, 0.4) is 0 Å². The molecule has 0 amide bonds. The lowest BCUT2D eigenvalue weighted by Gasteiger charge is -2.14. The van der Waals surface area contributed by atoms with Gasteiger partial charge in [-0.15, -0.1) is 0 Å². The lowest BCUT2D eigenvalue weighted by Crippen LogP contribution is -2.25. The van der Waals surface area contributed by atoms with E-state index in [2.05, 4.69) is 11.4 Å². The number of nitrogens with two attached hydrogens (primary N) is 1. The summed E-state index contributed by atoms with van der Waals surface area (Å²) >= 11 is 0. The van der Waals surface area contributed by atoms with Gasteiger partial charge in [-0.05, 0) is 6.42 Å². The van der Waals surface area contributed by atoms with Crippen molar-refractivity contribution in [2.75, 3.05) is 13.7 Å². The summed E-state index contributed by atoms with van der Waals surface area (Å²) in [5.74, 6) is 0. The summed E-state index contributed by atoms with van der Waals surface area (Å²) in [5, 5.41) is 0. The summed E-state index contributed by atoms with van der Waals surface area (Å²) in [5.41, 5.74) is 5.87. The molecule has 0 aliphatic rings. The van der Waals surface area contributed by atoms with E-state index in [0.29, 0.717) is 0 Å². The van der Waals surface area contributed by atoms with Gasteiger partial charge in [0, 0.05) is 13.2 Å². The first-order valence-electron chi connectivity index (χ1n) is 10.3. The minimum absolute atomic E-state index is 0.0695. The first kappa shape index (κ1) is 25.1. The van der Waals surface area contributed by atoms with Crippen LogP contribution in [0.4, 0.5) is 0 Å². The molecule has 2 atom stereocenters. The summed E-state index contributed by atoms with van der Waals surface area (Å²) in [4.78, 5) is 9.12. The zero-order valence-corrected chi connectivity index (χ0v) is 17.5. The summed E-state index contributed by atoms with van der Waals surface area (Å²) in [6.45, 7) is 2.33. The van der Waals surface area contributed by atoms with E-state index in [1.54, 1.807) is 0 Å². The first-order valence-corrected chi connectivity index (χ1v) is 11.8. The maximum Gasteiger partial charge on any atom is 0.471 e. The second-order valence-corrected chi connectivity index (χ2v) is 8.65. The van der Waals surface area contributed by atoms with E-state index in [0.717, 1.165) is 20.0 Å². The standard InChI is InChI=1S/C19H42NO4P/c1-3-4-5-6-7-8-9-10-11-12-13-14-15-16-17-19(20)18-24-25(21,22)23-2/h19H,3-18,20H2,1-2H3,(H,21,22)/t19-/m1/s1. The average Bonchev–Trinajstić information content (AvgIpc) is 2.60. The molecule has 0 aliphatic carbocycles. The van der Waals surface area contributed by atoms with E-state index in [4.69, 9.17) is 15.2 Å². The largest absolute Gasteiger partial charge is 0.471 e. The number of phosphoric ester groups is 1. The molecule has 0 fully saturated rings. The molecule has 152 valence electrons. The number of hydrogen-bond acceptors (Lipinski definition) is 4.